The molecule has 0 aliphatic rings. The van der Waals surface area contributed by atoms with E-state index in [0.29, 0.717) is 11.5 Å². The Morgan fingerprint density at radius 2 is 1.90 bits per heavy atom. The molecule has 6 heteroatoms. The van der Waals surface area contributed by atoms with Crippen molar-refractivity contribution in [3.63, 3.8) is 0 Å². The zero-order chi connectivity index (χ0) is 15.2. The fourth-order valence-corrected chi connectivity index (χ4v) is 1.89. The summed E-state index contributed by atoms with van der Waals surface area (Å²) >= 11 is 0. The van der Waals surface area contributed by atoms with E-state index in [1.807, 2.05) is 25.1 Å². The Hall–Kier alpha value is -2.63. The second-order valence-corrected chi connectivity index (χ2v) is 4.74. The van der Waals surface area contributed by atoms with Gasteiger partial charge in [0.2, 0.25) is 11.8 Å². The first-order chi connectivity index (χ1) is 10.1. The van der Waals surface area contributed by atoms with E-state index in [-0.39, 0.29) is 18.2 Å². The molecule has 1 aromatic heterocycles. The van der Waals surface area contributed by atoms with E-state index in [4.69, 9.17) is 0 Å². The molecule has 0 bridgehead atoms. The molecule has 0 aliphatic carbocycles. The predicted octanol–water partition coefficient (Wildman–Crippen LogP) is 2.11. The molecule has 1 aromatic carbocycles. The second kappa shape index (κ2) is 6.69. The van der Waals surface area contributed by atoms with Crippen LogP contribution in [0.2, 0.25) is 0 Å². The Balaban J connectivity index is 1.91. The zero-order valence-electron chi connectivity index (χ0n) is 12.1. The monoisotopic (exact) mass is 286 g/mol. The molecule has 0 saturated heterocycles. The van der Waals surface area contributed by atoms with E-state index in [0.717, 1.165) is 17.7 Å². The number of hydrogen-bond acceptors (Lipinski definition) is 3. The topological polar surface area (TPSA) is 86.9 Å². The Morgan fingerprint density at radius 1 is 1.19 bits per heavy atom. The molecule has 21 heavy (non-hydrogen) atoms. The van der Waals surface area contributed by atoms with Gasteiger partial charge >= 0.3 is 0 Å². The van der Waals surface area contributed by atoms with Crippen LogP contribution in [0.25, 0.3) is 0 Å². The lowest BCUT2D eigenvalue weighted by Crippen LogP contribution is -2.14. The summed E-state index contributed by atoms with van der Waals surface area (Å²) in [5.74, 6) is 0.286. The fraction of sp³-hybridized carbons (Fsp3) is 0.267. The highest BCUT2D eigenvalue weighted by Gasteiger charge is 2.07. The van der Waals surface area contributed by atoms with E-state index >= 15 is 0 Å². The normalized spacial score (nSPS) is 10.2. The Labute approximate surface area is 122 Å². The van der Waals surface area contributed by atoms with Gasteiger partial charge in [0.1, 0.15) is 0 Å². The molecule has 2 aromatic rings. The van der Waals surface area contributed by atoms with Crippen molar-refractivity contribution < 1.29 is 9.59 Å². The Morgan fingerprint density at radius 3 is 2.48 bits per heavy atom. The van der Waals surface area contributed by atoms with E-state index in [1.165, 1.54) is 6.92 Å². The molecule has 0 radical (unpaired) electrons. The van der Waals surface area contributed by atoms with Crippen LogP contribution in [0.1, 0.15) is 25.1 Å². The highest BCUT2D eigenvalue weighted by Crippen LogP contribution is 2.11. The first kappa shape index (κ1) is 14.8. The van der Waals surface area contributed by atoms with Gasteiger partial charge in [0, 0.05) is 24.4 Å². The van der Waals surface area contributed by atoms with Crippen molar-refractivity contribution in [3.8, 4) is 0 Å². The minimum atomic E-state index is -0.128. The Kier molecular flexibility index (Phi) is 4.71. The number of aromatic amines is 1. The zero-order valence-corrected chi connectivity index (χ0v) is 12.1. The third-order valence-electron chi connectivity index (χ3n) is 2.92. The number of carbonyl (C=O) groups excluding carboxylic acids is 2. The molecule has 0 unspecified atom stereocenters. The largest absolute Gasteiger partial charge is 0.326 e. The molecule has 6 nitrogen and oxygen atoms in total. The molecule has 0 fully saturated rings. The molecule has 0 aliphatic heterocycles. The summed E-state index contributed by atoms with van der Waals surface area (Å²) in [6.07, 6.45) is 1.10. The third-order valence-corrected chi connectivity index (χ3v) is 2.92. The number of aromatic nitrogens is 2. The van der Waals surface area contributed by atoms with Crippen molar-refractivity contribution in [1.82, 2.24) is 10.2 Å². The summed E-state index contributed by atoms with van der Waals surface area (Å²) in [5.41, 5.74) is 2.56. The first-order valence-electron chi connectivity index (χ1n) is 6.77. The molecule has 0 saturated carbocycles. The third kappa shape index (κ3) is 4.45. The number of amides is 2. The van der Waals surface area contributed by atoms with E-state index < -0.39 is 0 Å². The number of nitrogens with one attached hydrogen (secondary N) is 3. The van der Waals surface area contributed by atoms with Crippen molar-refractivity contribution in [1.29, 1.82) is 0 Å². The molecule has 2 amide bonds. The van der Waals surface area contributed by atoms with Gasteiger partial charge in [-0.05, 0) is 24.1 Å². The van der Waals surface area contributed by atoms with Gasteiger partial charge in [0.05, 0.1) is 6.42 Å². The van der Waals surface area contributed by atoms with Crippen molar-refractivity contribution in [2.24, 2.45) is 0 Å². The van der Waals surface area contributed by atoms with Crippen LogP contribution in [-0.4, -0.2) is 22.0 Å². The molecule has 110 valence electrons. The average Bonchev–Trinajstić information content (AvgIpc) is 2.88. The van der Waals surface area contributed by atoms with Gasteiger partial charge in [0.25, 0.3) is 0 Å². The molecule has 0 spiro atoms. The number of H-pyrrole nitrogens is 1. The Bertz CT molecular complexity index is 631. The SMILES string of the molecule is CCc1cc(NC(=O)Cc2ccc(NC(C)=O)cc2)n[nH]1. The van der Waals surface area contributed by atoms with Gasteiger partial charge in [-0.15, -0.1) is 0 Å². The van der Waals surface area contributed by atoms with Crippen molar-refractivity contribution >= 4 is 23.3 Å². The summed E-state index contributed by atoms with van der Waals surface area (Å²) in [6, 6.07) is 8.99. The van der Waals surface area contributed by atoms with Crippen molar-refractivity contribution in [2.45, 2.75) is 26.7 Å². The summed E-state index contributed by atoms with van der Waals surface area (Å²) in [5, 5.41) is 12.3. The minimum absolute atomic E-state index is 0.120. The molecule has 1 heterocycles. The maximum absolute atomic E-state index is 11.9. The first-order valence-corrected chi connectivity index (χ1v) is 6.77. The van der Waals surface area contributed by atoms with Gasteiger partial charge in [-0.2, -0.15) is 5.10 Å². The van der Waals surface area contributed by atoms with E-state index in [9.17, 15) is 9.59 Å². The molecule has 0 atom stereocenters. The van der Waals surface area contributed by atoms with Crippen LogP contribution in [0, 0.1) is 0 Å². The lowest BCUT2D eigenvalue weighted by Gasteiger charge is -2.05. The van der Waals surface area contributed by atoms with Gasteiger partial charge < -0.3 is 10.6 Å². The van der Waals surface area contributed by atoms with Gasteiger partial charge in [-0.1, -0.05) is 19.1 Å². The number of carbonyl (C=O) groups is 2. The smallest absolute Gasteiger partial charge is 0.229 e. The summed E-state index contributed by atoms with van der Waals surface area (Å²) in [6.45, 7) is 3.46. The lowest BCUT2D eigenvalue weighted by molar-refractivity contribution is -0.116. The highest BCUT2D eigenvalue weighted by atomic mass is 16.2. The number of aryl methyl sites for hydroxylation is 1. The van der Waals surface area contributed by atoms with Crippen LogP contribution in [0.5, 0.6) is 0 Å². The molecule has 2 rings (SSSR count). The van der Waals surface area contributed by atoms with Crippen LogP contribution < -0.4 is 10.6 Å². The van der Waals surface area contributed by atoms with Crippen LogP contribution in [0.3, 0.4) is 0 Å². The number of rotatable bonds is 5. The van der Waals surface area contributed by atoms with Crippen LogP contribution >= 0.6 is 0 Å². The van der Waals surface area contributed by atoms with Crippen LogP contribution in [0.4, 0.5) is 11.5 Å². The second-order valence-electron chi connectivity index (χ2n) is 4.74. The predicted molar refractivity (Wildman–Crippen MR) is 81.0 cm³/mol. The van der Waals surface area contributed by atoms with Gasteiger partial charge in [-0.25, -0.2) is 0 Å². The highest BCUT2D eigenvalue weighted by molar-refractivity contribution is 5.91. The maximum Gasteiger partial charge on any atom is 0.229 e. The molecular weight excluding hydrogens is 268 g/mol. The molecule has 3 N–H and O–H groups in total. The summed E-state index contributed by atoms with van der Waals surface area (Å²) in [4.78, 5) is 22.8. The average molecular weight is 286 g/mol. The summed E-state index contributed by atoms with van der Waals surface area (Å²) < 4.78 is 0. The fourth-order valence-electron chi connectivity index (χ4n) is 1.89. The number of nitrogens with zero attached hydrogens (tertiary/aromatic N) is 1. The van der Waals surface area contributed by atoms with Gasteiger partial charge in [-0.3, -0.25) is 14.7 Å². The number of hydrogen-bond donors (Lipinski definition) is 3. The standard InChI is InChI=1S/C15H18N4O2/c1-3-12-9-14(19-18-12)17-15(21)8-11-4-6-13(7-5-11)16-10(2)20/h4-7,9H,3,8H2,1-2H3,(H,16,20)(H2,17,18,19,21). The number of benzene rings is 1. The van der Waals surface area contributed by atoms with Crippen molar-refractivity contribution in [3.05, 3.63) is 41.6 Å². The van der Waals surface area contributed by atoms with Crippen LogP contribution in [0.15, 0.2) is 30.3 Å². The summed E-state index contributed by atoms with van der Waals surface area (Å²) in [7, 11) is 0. The van der Waals surface area contributed by atoms with E-state index in [2.05, 4.69) is 20.8 Å². The quantitative estimate of drug-likeness (QED) is 0.786. The van der Waals surface area contributed by atoms with Crippen LogP contribution in [-0.2, 0) is 22.4 Å². The minimum Gasteiger partial charge on any atom is -0.326 e. The van der Waals surface area contributed by atoms with Gasteiger partial charge in [0.15, 0.2) is 5.82 Å². The number of anilines is 2. The molecular formula is C15H18N4O2. The van der Waals surface area contributed by atoms with E-state index in [1.54, 1.807) is 12.1 Å². The maximum atomic E-state index is 11.9. The van der Waals surface area contributed by atoms with Crippen molar-refractivity contribution in [2.75, 3.05) is 10.6 Å². The lowest BCUT2D eigenvalue weighted by atomic mass is 10.1.